The number of thioether (sulfide) groups is 1. The molecule has 2 bridgehead atoms. The van der Waals surface area contributed by atoms with Crippen molar-refractivity contribution >= 4 is 23.4 Å². The number of hydrogen-bond donors (Lipinski definition) is 1. The highest BCUT2D eigenvalue weighted by atomic mass is 32.2. The van der Waals surface area contributed by atoms with E-state index >= 15 is 0 Å². The van der Waals surface area contributed by atoms with Gasteiger partial charge in [0, 0.05) is 6.07 Å². The van der Waals surface area contributed by atoms with E-state index in [1.165, 1.54) is 18.2 Å². The van der Waals surface area contributed by atoms with Gasteiger partial charge in [-0.1, -0.05) is 23.9 Å². The van der Waals surface area contributed by atoms with Crippen LogP contribution in [0.2, 0.25) is 0 Å². The van der Waals surface area contributed by atoms with Gasteiger partial charge in [0.1, 0.15) is 11.5 Å². The molecule has 9 heteroatoms. The highest BCUT2D eigenvalue weighted by Crippen LogP contribution is 2.46. The fourth-order valence-corrected chi connectivity index (χ4v) is 4.48. The van der Waals surface area contributed by atoms with Crippen LogP contribution in [0.15, 0.2) is 35.5 Å². The molecule has 2 aromatic rings. The Morgan fingerprint density at radius 3 is 2.89 bits per heavy atom. The van der Waals surface area contributed by atoms with Crippen molar-refractivity contribution in [2.75, 3.05) is 25.3 Å². The largest absolute Gasteiger partial charge is 0.497 e. The third-order valence-corrected chi connectivity index (χ3v) is 5.97. The molecule has 1 fully saturated rings. The zero-order valence-electron chi connectivity index (χ0n) is 15.2. The average Bonchev–Trinajstić information content (AvgIpc) is 3.42. The zero-order chi connectivity index (χ0) is 18.8. The van der Waals surface area contributed by atoms with Crippen molar-refractivity contribution in [1.82, 2.24) is 20.2 Å². The summed E-state index contributed by atoms with van der Waals surface area (Å²) in [6, 6.07) is 5.55. The molecule has 1 N–H and O–H groups in total. The molecule has 142 valence electrons. The second kappa shape index (κ2) is 7.59. The van der Waals surface area contributed by atoms with E-state index in [1.54, 1.807) is 32.4 Å². The Balaban J connectivity index is 1.39. The van der Waals surface area contributed by atoms with Gasteiger partial charge in [0.2, 0.25) is 11.1 Å². The minimum absolute atomic E-state index is 0.158. The number of benzene rings is 1. The molecule has 8 nitrogen and oxygen atoms in total. The lowest BCUT2D eigenvalue weighted by atomic mass is 10.0. The summed E-state index contributed by atoms with van der Waals surface area (Å²) >= 11 is 1.34. The van der Waals surface area contributed by atoms with Gasteiger partial charge in [-0.3, -0.25) is 4.79 Å². The molecule has 1 heterocycles. The Bertz CT molecular complexity index is 868. The first kappa shape index (κ1) is 17.8. The van der Waals surface area contributed by atoms with Crippen molar-refractivity contribution in [2.45, 2.75) is 24.0 Å². The van der Waals surface area contributed by atoms with Crippen LogP contribution < -0.4 is 14.8 Å². The molecule has 2 aliphatic carbocycles. The number of ether oxygens (including phenoxy) is 2. The van der Waals surface area contributed by atoms with Crippen LogP contribution in [0.1, 0.15) is 18.9 Å². The van der Waals surface area contributed by atoms with E-state index in [-0.39, 0.29) is 11.7 Å². The second-order valence-corrected chi connectivity index (χ2v) is 7.60. The minimum atomic E-state index is -0.158. The number of allylic oxidation sites excluding steroid dienone is 2. The number of methoxy groups -OCH3 is 2. The highest BCUT2D eigenvalue weighted by molar-refractivity contribution is 7.99. The molecule has 0 saturated heterocycles. The number of aromatic nitrogens is 4. The molecule has 0 spiro atoms. The first-order valence-electron chi connectivity index (χ1n) is 8.78. The van der Waals surface area contributed by atoms with E-state index in [0.717, 1.165) is 6.42 Å². The Morgan fingerprint density at radius 2 is 2.19 bits per heavy atom. The van der Waals surface area contributed by atoms with E-state index < -0.39 is 0 Å². The topological polar surface area (TPSA) is 91.2 Å². The van der Waals surface area contributed by atoms with Gasteiger partial charge in [0.05, 0.1) is 31.7 Å². The zero-order valence-corrected chi connectivity index (χ0v) is 16.0. The molecule has 4 rings (SSSR count). The molecule has 1 aromatic carbocycles. The minimum Gasteiger partial charge on any atom is -0.497 e. The van der Waals surface area contributed by atoms with Crippen LogP contribution >= 0.6 is 11.8 Å². The summed E-state index contributed by atoms with van der Waals surface area (Å²) in [5.74, 6) is 2.39. The second-order valence-electron chi connectivity index (χ2n) is 6.66. The summed E-state index contributed by atoms with van der Waals surface area (Å²) < 4.78 is 12.4. The summed E-state index contributed by atoms with van der Waals surface area (Å²) in [6.07, 6.45) is 6.78. The molecular weight excluding hydrogens is 366 g/mol. The molecule has 27 heavy (non-hydrogen) atoms. The predicted octanol–water partition coefficient (Wildman–Crippen LogP) is 2.56. The van der Waals surface area contributed by atoms with Gasteiger partial charge >= 0.3 is 0 Å². The quantitative estimate of drug-likeness (QED) is 0.577. The lowest BCUT2D eigenvalue weighted by Crippen LogP contribution is -2.18. The van der Waals surface area contributed by atoms with Crippen LogP contribution in [-0.4, -0.2) is 46.1 Å². The van der Waals surface area contributed by atoms with Crippen molar-refractivity contribution in [3.05, 3.63) is 30.4 Å². The number of rotatable bonds is 7. The molecular formula is C18H21N5O3S. The maximum Gasteiger partial charge on any atom is 0.234 e. The summed E-state index contributed by atoms with van der Waals surface area (Å²) in [6.45, 7) is 0. The van der Waals surface area contributed by atoms with E-state index in [1.807, 2.05) is 4.68 Å². The van der Waals surface area contributed by atoms with Crippen LogP contribution in [0.5, 0.6) is 11.5 Å². The van der Waals surface area contributed by atoms with Crippen LogP contribution in [0.3, 0.4) is 0 Å². The van der Waals surface area contributed by atoms with Gasteiger partial charge in [-0.15, -0.1) is 5.10 Å². The first-order valence-corrected chi connectivity index (χ1v) is 9.77. The summed E-state index contributed by atoms with van der Waals surface area (Å²) in [4.78, 5) is 12.4. The fourth-order valence-electron chi connectivity index (χ4n) is 3.75. The number of carbonyl (C=O) groups excluding carboxylic acids is 1. The number of hydrogen-bond acceptors (Lipinski definition) is 7. The number of fused-ring (bicyclic) bond motifs is 2. The molecule has 1 aromatic heterocycles. The third kappa shape index (κ3) is 3.64. The van der Waals surface area contributed by atoms with Crippen molar-refractivity contribution in [2.24, 2.45) is 11.8 Å². The monoisotopic (exact) mass is 387 g/mol. The average molecular weight is 387 g/mol. The highest BCUT2D eigenvalue weighted by Gasteiger charge is 2.38. The predicted molar refractivity (Wildman–Crippen MR) is 101 cm³/mol. The number of nitrogens with zero attached hydrogens (tertiary/aromatic N) is 4. The van der Waals surface area contributed by atoms with Gasteiger partial charge in [0.15, 0.2) is 0 Å². The van der Waals surface area contributed by atoms with Crippen LogP contribution in [0.25, 0.3) is 0 Å². The van der Waals surface area contributed by atoms with E-state index in [4.69, 9.17) is 9.47 Å². The number of anilines is 1. The molecule has 1 amide bonds. The van der Waals surface area contributed by atoms with E-state index in [9.17, 15) is 4.79 Å². The number of carbonyl (C=O) groups is 1. The lowest BCUT2D eigenvalue weighted by Gasteiger charge is -2.18. The van der Waals surface area contributed by atoms with Gasteiger partial charge in [-0.05, 0) is 47.2 Å². The smallest absolute Gasteiger partial charge is 0.234 e. The van der Waals surface area contributed by atoms with Crippen molar-refractivity contribution in [3.63, 3.8) is 0 Å². The molecule has 0 radical (unpaired) electrons. The van der Waals surface area contributed by atoms with Gasteiger partial charge < -0.3 is 14.8 Å². The Hall–Kier alpha value is -2.55. The van der Waals surface area contributed by atoms with Crippen LogP contribution in [-0.2, 0) is 4.79 Å². The molecule has 0 aliphatic heterocycles. The molecule has 1 saturated carbocycles. The summed E-state index contributed by atoms with van der Waals surface area (Å²) in [7, 11) is 3.14. The number of nitrogens with one attached hydrogen (secondary N) is 1. The van der Waals surface area contributed by atoms with Crippen LogP contribution in [0, 0.1) is 11.8 Å². The Kier molecular flexibility index (Phi) is 5.02. The number of tetrazole rings is 1. The fraction of sp³-hybridized carbons (Fsp3) is 0.444. The molecule has 2 aliphatic rings. The maximum absolute atomic E-state index is 12.4. The Morgan fingerprint density at radius 1 is 1.30 bits per heavy atom. The van der Waals surface area contributed by atoms with Gasteiger partial charge in [-0.25, -0.2) is 4.68 Å². The van der Waals surface area contributed by atoms with Gasteiger partial charge in [0.25, 0.3) is 0 Å². The van der Waals surface area contributed by atoms with Crippen molar-refractivity contribution in [3.8, 4) is 11.5 Å². The standard InChI is InChI=1S/C18H21N5O3S/c1-25-13-5-6-16(26-2)14(9-13)19-17(24)10-27-18-20-21-22-23(18)15-8-11-3-4-12(15)7-11/h3-6,9,11-12,15H,7-8,10H2,1-2H3,(H,19,24)/t11-,12-,15-/m0/s1. The number of amides is 1. The lowest BCUT2D eigenvalue weighted by molar-refractivity contribution is -0.113. The van der Waals surface area contributed by atoms with Crippen molar-refractivity contribution in [1.29, 1.82) is 0 Å². The third-order valence-electron chi connectivity index (χ3n) is 5.03. The van der Waals surface area contributed by atoms with Crippen LogP contribution in [0.4, 0.5) is 5.69 Å². The SMILES string of the molecule is COc1ccc(OC)c(NC(=O)CSc2nnnn2[C@H]2C[C@H]3C=C[C@H]2C3)c1. The molecule has 3 atom stereocenters. The molecule has 0 unspecified atom stereocenters. The maximum atomic E-state index is 12.4. The summed E-state index contributed by atoms with van der Waals surface area (Å²) in [5.41, 5.74) is 0.570. The van der Waals surface area contributed by atoms with E-state index in [2.05, 4.69) is 33.0 Å². The first-order chi connectivity index (χ1) is 13.2. The normalized spacial score (nSPS) is 22.8. The van der Waals surface area contributed by atoms with E-state index in [0.29, 0.717) is 40.2 Å². The van der Waals surface area contributed by atoms with Gasteiger partial charge in [-0.2, -0.15) is 0 Å². The summed E-state index contributed by atoms with van der Waals surface area (Å²) in [5, 5.41) is 15.6. The Labute approximate surface area is 161 Å². The van der Waals surface area contributed by atoms with Crippen molar-refractivity contribution < 1.29 is 14.3 Å².